The molecular formula is C16H22N2O2S. The molecule has 0 saturated heterocycles. The van der Waals surface area contributed by atoms with Gasteiger partial charge in [-0.1, -0.05) is 19.9 Å². The number of para-hydroxylation sites is 1. The molecule has 0 aliphatic carbocycles. The van der Waals surface area contributed by atoms with E-state index >= 15 is 0 Å². The Morgan fingerprint density at radius 1 is 1.43 bits per heavy atom. The molecule has 1 heterocycles. The number of fused-ring (bicyclic) bond motifs is 1. The Balaban J connectivity index is 2.61. The minimum atomic E-state index is -0.889. The molecule has 0 aliphatic heterocycles. The van der Waals surface area contributed by atoms with Crippen LogP contribution in [0.3, 0.4) is 0 Å². The highest BCUT2D eigenvalue weighted by Gasteiger charge is 2.20. The maximum Gasteiger partial charge on any atom is 0.337 e. The number of hydrogen-bond donors (Lipinski definition) is 1. The van der Waals surface area contributed by atoms with Crippen LogP contribution in [0, 0.1) is 0 Å². The standard InChI is InChI=1S/C16H22N2O2S/c1-4-7-14-17-13-9-6-8-12(16(19)20)15(13)18(14)11(3)10-21-5-2/h6,8-9,11H,4-5,7,10H2,1-3H3,(H,19,20). The van der Waals surface area contributed by atoms with Gasteiger partial charge in [0.25, 0.3) is 0 Å². The maximum absolute atomic E-state index is 11.5. The molecule has 1 N–H and O–H groups in total. The van der Waals surface area contributed by atoms with Gasteiger partial charge in [0.2, 0.25) is 0 Å². The zero-order valence-electron chi connectivity index (χ0n) is 12.8. The smallest absolute Gasteiger partial charge is 0.337 e. The van der Waals surface area contributed by atoms with E-state index in [2.05, 4.69) is 30.3 Å². The molecule has 0 spiro atoms. The molecule has 1 atom stereocenters. The third kappa shape index (κ3) is 3.23. The molecule has 114 valence electrons. The third-order valence-corrected chi connectivity index (χ3v) is 4.62. The third-order valence-electron chi connectivity index (χ3n) is 3.49. The Morgan fingerprint density at radius 2 is 2.19 bits per heavy atom. The zero-order valence-corrected chi connectivity index (χ0v) is 13.6. The average Bonchev–Trinajstić information content (AvgIpc) is 2.82. The van der Waals surface area contributed by atoms with Crippen LogP contribution in [0.4, 0.5) is 0 Å². The molecule has 1 unspecified atom stereocenters. The van der Waals surface area contributed by atoms with Crippen LogP contribution >= 0.6 is 11.8 Å². The summed E-state index contributed by atoms with van der Waals surface area (Å²) in [7, 11) is 0. The largest absolute Gasteiger partial charge is 0.478 e. The van der Waals surface area contributed by atoms with Crippen molar-refractivity contribution in [3.05, 3.63) is 29.6 Å². The Bertz CT molecular complexity index is 636. The molecule has 0 amide bonds. The number of aryl methyl sites for hydroxylation is 1. The number of hydrogen-bond acceptors (Lipinski definition) is 3. The van der Waals surface area contributed by atoms with Gasteiger partial charge in [0.15, 0.2) is 0 Å². The molecule has 21 heavy (non-hydrogen) atoms. The fourth-order valence-electron chi connectivity index (χ4n) is 2.61. The first-order valence-corrected chi connectivity index (χ1v) is 8.56. The van der Waals surface area contributed by atoms with Crippen molar-refractivity contribution in [2.75, 3.05) is 11.5 Å². The van der Waals surface area contributed by atoms with Gasteiger partial charge in [0.1, 0.15) is 5.82 Å². The predicted octanol–water partition coefficient (Wildman–Crippen LogP) is 4.00. The van der Waals surface area contributed by atoms with Crippen LogP contribution in [-0.4, -0.2) is 32.1 Å². The maximum atomic E-state index is 11.5. The lowest BCUT2D eigenvalue weighted by Gasteiger charge is -2.18. The summed E-state index contributed by atoms with van der Waals surface area (Å²) in [5.41, 5.74) is 1.89. The van der Waals surface area contributed by atoms with Crippen molar-refractivity contribution in [2.24, 2.45) is 0 Å². The van der Waals surface area contributed by atoms with Gasteiger partial charge in [-0.2, -0.15) is 11.8 Å². The first-order chi connectivity index (χ1) is 10.1. The number of nitrogens with zero attached hydrogens (tertiary/aromatic N) is 2. The molecule has 2 rings (SSSR count). The van der Waals surface area contributed by atoms with Crippen molar-refractivity contribution >= 4 is 28.8 Å². The van der Waals surface area contributed by atoms with Crippen LogP contribution in [0.2, 0.25) is 0 Å². The number of benzene rings is 1. The summed E-state index contributed by atoms with van der Waals surface area (Å²) < 4.78 is 2.13. The molecule has 5 heteroatoms. The Morgan fingerprint density at radius 3 is 2.81 bits per heavy atom. The number of aromatic carboxylic acids is 1. The first-order valence-electron chi connectivity index (χ1n) is 7.41. The first kappa shape index (κ1) is 15.9. The number of aromatic nitrogens is 2. The summed E-state index contributed by atoms with van der Waals surface area (Å²) in [6.45, 7) is 6.40. The lowest BCUT2D eigenvalue weighted by atomic mass is 10.1. The highest BCUT2D eigenvalue weighted by Crippen LogP contribution is 2.27. The highest BCUT2D eigenvalue weighted by molar-refractivity contribution is 7.99. The van der Waals surface area contributed by atoms with Crippen LogP contribution < -0.4 is 0 Å². The molecule has 0 radical (unpaired) electrons. The monoisotopic (exact) mass is 306 g/mol. The van der Waals surface area contributed by atoms with Crippen LogP contribution in [0.5, 0.6) is 0 Å². The Hall–Kier alpha value is -1.49. The van der Waals surface area contributed by atoms with Gasteiger partial charge in [-0.3, -0.25) is 0 Å². The molecule has 0 fully saturated rings. The number of thioether (sulfide) groups is 1. The van der Waals surface area contributed by atoms with Crippen molar-refractivity contribution in [1.29, 1.82) is 0 Å². The van der Waals surface area contributed by atoms with Gasteiger partial charge in [-0.15, -0.1) is 0 Å². The van der Waals surface area contributed by atoms with Crippen molar-refractivity contribution in [1.82, 2.24) is 9.55 Å². The van der Waals surface area contributed by atoms with E-state index < -0.39 is 5.97 Å². The molecule has 0 saturated carbocycles. The molecule has 1 aromatic heterocycles. The normalized spacial score (nSPS) is 12.7. The van der Waals surface area contributed by atoms with Crippen molar-refractivity contribution < 1.29 is 9.90 Å². The summed E-state index contributed by atoms with van der Waals surface area (Å²) in [5.74, 6) is 2.13. The van der Waals surface area contributed by atoms with Gasteiger partial charge in [-0.25, -0.2) is 9.78 Å². The van der Waals surface area contributed by atoms with Crippen molar-refractivity contribution in [3.63, 3.8) is 0 Å². The second-order valence-electron chi connectivity index (χ2n) is 5.13. The van der Waals surface area contributed by atoms with E-state index in [9.17, 15) is 9.90 Å². The lowest BCUT2D eigenvalue weighted by molar-refractivity contribution is 0.0698. The minimum absolute atomic E-state index is 0.238. The van der Waals surface area contributed by atoms with Crippen molar-refractivity contribution in [3.8, 4) is 0 Å². The average molecular weight is 306 g/mol. The predicted molar refractivity (Wildman–Crippen MR) is 88.4 cm³/mol. The van der Waals surface area contributed by atoms with Crippen molar-refractivity contribution in [2.45, 2.75) is 39.7 Å². The second-order valence-corrected chi connectivity index (χ2v) is 6.45. The Labute approximate surface area is 129 Å². The van der Waals surface area contributed by atoms with E-state index in [0.717, 1.165) is 41.2 Å². The van der Waals surface area contributed by atoms with Gasteiger partial charge in [0, 0.05) is 18.2 Å². The summed E-state index contributed by atoms with van der Waals surface area (Å²) in [5, 5.41) is 9.46. The van der Waals surface area contributed by atoms with E-state index in [1.165, 1.54) is 0 Å². The Kier molecular flexibility index (Phi) is 5.28. The van der Waals surface area contributed by atoms with Crippen LogP contribution in [-0.2, 0) is 6.42 Å². The second kappa shape index (κ2) is 6.98. The summed E-state index contributed by atoms with van der Waals surface area (Å²) >= 11 is 1.87. The number of imidazole rings is 1. The molecular weight excluding hydrogens is 284 g/mol. The fraction of sp³-hybridized carbons (Fsp3) is 0.500. The number of carboxylic acid groups (broad SMARTS) is 1. The van der Waals surface area contributed by atoms with E-state index in [1.807, 2.05) is 17.8 Å². The summed E-state index contributed by atoms with van der Waals surface area (Å²) in [6.07, 6.45) is 1.87. The molecule has 1 aromatic carbocycles. The summed E-state index contributed by atoms with van der Waals surface area (Å²) in [6, 6.07) is 5.57. The van der Waals surface area contributed by atoms with E-state index in [0.29, 0.717) is 5.56 Å². The highest BCUT2D eigenvalue weighted by atomic mass is 32.2. The van der Waals surface area contributed by atoms with Crippen LogP contribution in [0.1, 0.15) is 49.4 Å². The number of carboxylic acids is 1. The molecule has 2 aromatic rings. The van der Waals surface area contributed by atoms with Gasteiger partial charge in [0.05, 0.1) is 16.6 Å². The van der Waals surface area contributed by atoms with Gasteiger partial charge in [-0.05, 0) is 31.2 Å². The summed E-state index contributed by atoms with van der Waals surface area (Å²) in [4.78, 5) is 16.2. The van der Waals surface area contributed by atoms with E-state index in [-0.39, 0.29) is 6.04 Å². The zero-order chi connectivity index (χ0) is 15.4. The quantitative estimate of drug-likeness (QED) is 0.840. The number of rotatable bonds is 7. The molecule has 0 aliphatic rings. The molecule has 4 nitrogen and oxygen atoms in total. The van der Waals surface area contributed by atoms with Crippen LogP contribution in [0.25, 0.3) is 11.0 Å². The minimum Gasteiger partial charge on any atom is -0.478 e. The lowest BCUT2D eigenvalue weighted by Crippen LogP contribution is -2.13. The van der Waals surface area contributed by atoms with E-state index in [4.69, 9.17) is 0 Å². The molecule has 0 bridgehead atoms. The number of carbonyl (C=O) groups is 1. The fourth-order valence-corrected chi connectivity index (χ4v) is 3.33. The topological polar surface area (TPSA) is 55.1 Å². The van der Waals surface area contributed by atoms with Gasteiger partial charge < -0.3 is 9.67 Å². The van der Waals surface area contributed by atoms with Gasteiger partial charge >= 0.3 is 5.97 Å². The van der Waals surface area contributed by atoms with E-state index in [1.54, 1.807) is 12.1 Å². The van der Waals surface area contributed by atoms with Crippen LogP contribution in [0.15, 0.2) is 18.2 Å². The SMILES string of the molecule is CCCc1nc2cccc(C(=O)O)c2n1C(C)CSCC.